The lowest BCUT2D eigenvalue weighted by Crippen LogP contribution is -2.53. The number of hydrazine groups is 1. The number of halogens is 7. The van der Waals surface area contributed by atoms with Gasteiger partial charge in [-0.25, -0.2) is 9.88 Å². The second-order valence-electron chi connectivity index (χ2n) is 14.1. The number of nitrogens with one attached hydrogen (secondary N) is 1. The molecule has 2 aliphatic heterocycles. The standard InChI is InChI=1S/C39H27Cl4F3N4O5/c1-17-2-7-21(13-28(17)41)49-34(52)25-11-10-23-26(31(25)36(49)54)15-27-35(53)50(48-33-30(43)12-19(16-47-33)39(44,45)46)37(55)38(27,18-3-5-20(40)6-4-18)32(23)24-9-8-22(51)14-29(24)42/h2-10,12-14,16,25-27,31-32,51H,11,15H2,1H3,(H,47,48). The van der Waals surface area contributed by atoms with E-state index in [2.05, 4.69) is 10.4 Å². The number of hydrogen-bond donors (Lipinski definition) is 2. The second kappa shape index (κ2) is 13.3. The van der Waals surface area contributed by atoms with Crippen LogP contribution in [0.3, 0.4) is 0 Å². The molecule has 6 unspecified atom stereocenters. The minimum atomic E-state index is -4.76. The van der Waals surface area contributed by atoms with Crippen LogP contribution in [0.15, 0.2) is 84.6 Å². The van der Waals surface area contributed by atoms with E-state index in [1.807, 2.05) is 6.08 Å². The van der Waals surface area contributed by atoms with Gasteiger partial charge in [-0.2, -0.15) is 18.2 Å². The Morgan fingerprint density at radius 3 is 2.24 bits per heavy atom. The van der Waals surface area contributed by atoms with Gasteiger partial charge in [-0.3, -0.25) is 24.6 Å². The number of carbonyl (C=O) groups is 4. The van der Waals surface area contributed by atoms with E-state index in [9.17, 15) is 32.7 Å². The fourth-order valence-corrected chi connectivity index (χ4v) is 9.65. The van der Waals surface area contributed by atoms with Crippen LogP contribution in [0.25, 0.3) is 0 Å². The van der Waals surface area contributed by atoms with Crippen molar-refractivity contribution in [2.75, 3.05) is 10.3 Å². The average molecular weight is 830 g/mol. The lowest BCUT2D eigenvalue weighted by Gasteiger charge is -2.50. The molecule has 4 aromatic rings. The molecule has 2 N–H and O–H groups in total. The monoisotopic (exact) mass is 828 g/mol. The first-order valence-electron chi connectivity index (χ1n) is 17.0. The summed E-state index contributed by atoms with van der Waals surface area (Å²) in [5.74, 6) is -7.85. The molecule has 1 saturated carbocycles. The van der Waals surface area contributed by atoms with Crippen LogP contribution in [0.2, 0.25) is 20.1 Å². The molecule has 0 bridgehead atoms. The number of rotatable bonds is 5. The van der Waals surface area contributed by atoms with Gasteiger partial charge in [-0.1, -0.05) is 82.3 Å². The minimum absolute atomic E-state index is 0.0598. The van der Waals surface area contributed by atoms with Crippen LogP contribution in [0, 0.1) is 30.6 Å². The number of pyridine rings is 1. The van der Waals surface area contributed by atoms with Gasteiger partial charge in [0.2, 0.25) is 11.8 Å². The number of benzene rings is 3. The van der Waals surface area contributed by atoms with Crippen LogP contribution in [-0.4, -0.2) is 38.7 Å². The summed E-state index contributed by atoms with van der Waals surface area (Å²) in [6.07, 6.45) is -2.37. The molecule has 55 heavy (non-hydrogen) atoms. The van der Waals surface area contributed by atoms with E-state index in [0.717, 1.165) is 10.5 Å². The van der Waals surface area contributed by atoms with Crippen molar-refractivity contribution in [1.29, 1.82) is 0 Å². The van der Waals surface area contributed by atoms with Gasteiger partial charge in [0.15, 0.2) is 5.82 Å². The summed E-state index contributed by atoms with van der Waals surface area (Å²) in [5, 5.41) is 11.3. The molecule has 3 aromatic carbocycles. The fraction of sp³-hybridized carbons (Fsp3) is 0.256. The zero-order valence-electron chi connectivity index (χ0n) is 28.4. The number of alkyl halides is 3. The second-order valence-corrected chi connectivity index (χ2v) is 15.7. The summed E-state index contributed by atoms with van der Waals surface area (Å²) in [4.78, 5) is 63.6. The van der Waals surface area contributed by atoms with E-state index in [4.69, 9.17) is 46.4 Å². The summed E-state index contributed by atoms with van der Waals surface area (Å²) >= 11 is 25.8. The average Bonchev–Trinajstić information content (AvgIpc) is 3.51. The van der Waals surface area contributed by atoms with Gasteiger partial charge in [-0.15, -0.1) is 0 Å². The van der Waals surface area contributed by atoms with Crippen molar-refractivity contribution in [3.05, 3.63) is 127 Å². The zero-order valence-corrected chi connectivity index (χ0v) is 31.4. The molecule has 3 fully saturated rings. The molecule has 9 nitrogen and oxygen atoms in total. The van der Waals surface area contributed by atoms with Gasteiger partial charge in [0.05, 0.1) is 39.4 Å². The number of amides is 4. The highest BCUT2D eigenvalue weighted by molar-refractivity contribution is 6.33. The molecule has 1 aromatic heterocycles. The van der Waals surface area contributed by atoms with E-state index in [1.54, 1.807) is 49.4 Å². The molecule has 3 heterocycles. The Kier molecular flexibility index (Phi) is 8.99. The number of fused-ring (bicyclic) bond motifs is 4. The molecule has 0 radical (unpaired) electrons. The van der Waals surface area contributed by atoms with Gasteiger partial charge < -0.3 is 5.11 Å². The first-order chi connectivity index (χ1) is 26.0. The highest BCUT2D eigenvalue weighted by atomic mass is 35.5. The lowest BCUT2D eigenvalue weighted by atomic mass is 9.49. The highest BCUT2D eigenvalue weighted by Crippen LogP contribution is 2.65. The molecule has 0 spiro atoms. The lowest BCUT2D eigenvalue weighted by molar-refractivity contribution is -0.139. The van der Waals surface area contributed by atoms with Crippen molar-refractivity contribution in [2.24, 2.45) is 23.7 Å². The van der Waals surface area contributed by atoms with E-state index >= 15 is 4.79 Å². The Bertz CT molecular complexity index is 2370. The molecule has 6 atom stereocenters. The fourth-order valence-electron chi connectivity index (χ4n) is 8.85. The molecular formula is C39H27Cl4F3N4O5. The van der Waals surface area contributed by atoms with Crippen molar-refractivity contribution < 1.29 is 37.5 Å². The largest absolute Gasteiger partial charge is 0.508 e. The van der Waals surface area contributed by atoms with Crippen molar-refractivity contribution in [2.45, 2.75) is 37.3 Å². The highest BCUT2D eigenvalue weighted by Gasteiger charge is 2.70. The molecule has 16 heteroatoms. The Morgan fingerprint density at radius 2 is 1.58 bits per heavy atom. The van der Waals surface area contributed by atoms with Gasteiger partial charge in [0.1, 0.15) is 5.75 Å². The third kappa shape index (κ3) is 5.71. The van der Waals surface area contributed by atoms with Crippen LogP contribution in [-0.2, 0) is 30.8 Å². The number of aryl methyl sites for hydroxylation is 1. The molecule has 2 aliphatic carbocycles. The first kappa shape index (κ1) is 37.3. The number of allylic oxidation sites excluding steroid dienone is 2. The maximum absolute atomic E-state index is 15.3. The Hall–Kier alpha value is -4.62. The summed E-state index contributed by atoms with van der Waals surface area (Å²) < 4.78 is 40.4. The molecule has 282 valence electrons. The predicted molar refractivity (Wildman–Crippen MR) is 199 cm³/mol. The number of carbonyl (C=O) groups excluding carboxylic acids is 4. The molecular weight excluding hydrogens is 803 g/mol. The quantitative estimate of drug-likeness (QED) is 0.152. The number of aromatic nitrogens is 1. The van der Waals surface area contributed by atoms with Gasteiger partial charge in [-0.05, 0) is 84.8 Å². The van der Waals surface area contributed by atoms with Crippen LogP contribution < -0.4 is 10.3 Å². The summed E-state index contributed by atoms with van der Waals surface area (Å²) in [7, 11) is 0. The van der Waals surface area contributed by atoms with Crippen LogP contribution >= 0.6 is 46.4 Å². The number of hydrogen-bond acceptors (Lipinski definition) is 7. The van der Waals surface area contributed by atoms with Crippen LogP contribution in [0.1, 0.15) is 41.0 Å². The SMILES string of the molecule is Cc1ccc(N2C(=O)C3CC=C4C(CC5C(=O)N(Nc6ncc(C(F)(F)F)cc6Cl)C(=O)C5(c5ccc(Cl)cc5)C4c4ccc(O)cc4Cl)C3C2=O)cc1Cl. The van der Waals surface area contributed by atoms with Crippen LogP contribution in [0.5, 0.6) is 5.75 Å². The normalized spacial score (nSPS) is 26.2. The Labute approximate surface area is 331 Å². The number of anilines is 2. The number of nitrogens with zero attached hydrogens (tertiary/aromatic N) is 3. The van der Waals surface area contributed by atoms with E-state index in [1.165, 1.54) is 18.2 Å². The number of phenols is 1. The summed E-state index contributed by atoms with van der Waals surface area (Å²) in [6.45, 7) is 1.79. The number of imide groups is 2. The van der Waals surface area contributed by atoms with Crippen molar-refractivity contribution in [3.63, 3.8) is 0 Å². The summed E-state index contributed by atoms with van der Waals surface area (Å²) in [6, 6.07) is 16.1. The molecule has 4 aliphatic rings. The molecule has 4 amide bonds. The Morgan fingerprint density at radius 1 is 0.855 bits per heavy atom. The summed E-state index contributed by atoms with van der Waals surface area (Å²) in [5.41, 5.74) is 2.00. The zero-order chi connectivity index (χ0) is 39.3. The number of phenolic OH excluding ortho intramolecular Hbond substituents is 1. The smallest absolute Gasteiger partial charge is 0.417 e. The molecule has 2 saturated heterocycles. The third-order valence-corrected chi connectivity index (χ3v) is 12.5. The van der Waals surface area contributed by atoms with E-state index in [-0.39, 0.29) is 29.4 Å². The first-order valence-corrected chi connectivity index (χ1v) is 18.5. The van der Waals surface area contributed by atoms with Gasteiger partial charge in [0, 0.05) is 27.2 Å². The van der Waals surface area contributed by atoms with Gasteiger partial charge in [0.25, 0.3) is 11.8 Å². The van der Waals surface area contributed by atoms with Crippen molar-refractivity contribution >= 4 is 81.5 Å². The number of aromatic hydroxyl groups is 1. The molecule has 8 rings (SSSR count). The van der Waals surface area contributed by atoms with Crippen molar-refractivity contribution in [3.8, 4) is 5.75 Å². The minimum Gasteiger partial charge on any atom is -0.508 e. The van der Waals surface area contributed by atoms with E-state index in [0.29, 0.717) is 49.7 Å². The topological polar surface area (TPSA) is 120 Å². The van der Waals surface area contributed by atoms with Crippen molar-refractivity contribution in [1.82, 2.24) is 9.99 Å². The van der Waals surface area contributed by atoms with Crippen LogP contribution in [0.4, 0.5) is 24.7 Å². The van der Waals surface area contributed by atoms with E-state index < -0.39 is 75.4 Å². The predicted octanol–water partition coefficient (Wildman–Crippen LogP) is 8.92. The Balaban J connectivity index is 1.31. The maximum atomic E-state index is 15.3. The third-order valence-electron chi connectivity index (χ3n) is 11.3. The maximum Gasteiger partial charge on any atom is 0.417 e. The van der Waals surface area contributed by atoms with Gasteiger partial charge >= 0.3 is 6.18 Å².